The number of rotatable bonds is 8. The van der Waals surface area contributed by atoms with Crippen LogP contribution in [-0.2, 0) is 11.3 Å². The van der Waals surface area contributed by atoms with E-state index >= 15 is 0 Å². The van der Waals surface area contributed by atoms with Crippen molar-refractivity contribution in [1.82, 2.24) is 10.3 Å². The lowest BCUT2D eigenvalue weighted by Crippen LogP contribution is -2.23. The third-order valence-corrected chi connectivity index (χ3v) is 3.01. The van der Waals surface area contributed by atoms with Crippen LogP contribution in [0.4, 0.5) is 0 Å². The Bertz CT molecular complexity index is 419. The summed E-state index contributed by atoms with van der Waals surface area (Å²) in [6.07, 6.45) is -0.00227. The molecule has 1 heterocycles. The Balaban J connectivity index is 2.84. The molecular formula is C16H28N2O2. The molecule has 0 saturated heterocycles. The number of nitrogens with zero attached hydrogens (tertiary/aromatic N) is 1. The van der Waals surface area contributed by atoms with Crippen molar-refractivity contribution in [3.05, 3.63) is 22.9 Å². The lowest BCUT2D eigenvalue weighted by atomic mass is 10.1. The third kappa shape index (κ3) is 5.47. The number of aryl methyl sites for hydroxylation is 2. The second kappa shape index (κ2) is 8.22. The molecule has 114 valence electrons. The van der Waals surface area contributed by atoms with Crippen LogP contribution in [0.15, 0.2) is 6.07 Å². The summed E-state index contributed by atoms with van der Waals surface area (Å²) >= 11 is 0. The monoisotopic (exact) mass is 280 g/mol. The average Bonchev–Trinajstić information content (AvgIpc) is 2.32. The molecule has 0 aliphatic carbocycles. The summed E-state index contributed by atoms with van der Waals surface area (Å²) in [6.45, 7) is 12.8. The zero-order valence-electron chi connectivity index (χ0n) is 13.6. The highest BCUT2D eigenvalue weighted by Gasteiger charge is 2.13. The van der Waals surface area contributed by atoms with Crippen molar-refractivity contribution in [1.29, 1.82) is 0 Å². The topological polar surface area (TPSA) is 43.4 Å². The number of aromatic nitrogens is 1. The van der Waals surface area contributed by atoms with Gasteiger partial charge in [-0.15, -0.1) is 0 Å². The first-order chi connectivity index (χ1) is 9.43. The van der Waals surface area contributed by atoms with E-state index in [1.807, 2.05) is 13.8 Å². The molecule has 20 heavy (non-hydrogen) atoms. The van der Waals surface area contributed by atoms with Gasteiger partial charge in [0.05, 0.1) is 6.61 Å². The maximum absolute atomic E-state index is 5.93. The largest absolute Gasteiger partial charge is 0.472 e. The van der Waals surface area contributed by atoms with E-state index in [-0.39, 0.29) is 6.10 Å². The Morgan fingerprint density at radius 2 is 1.95 bits per heavy atom. The van der Waals surface area contributed by atoms with Gasteiger partial charge in [-0.05, 0) is 44.9 Å². The molecule has 1 atom stereocenters. The van der Waals surface area contributed by atoms with Crippen LogP contribution in [0.25, 0.3) is 0 Å². The lowest BCUT2D eigenvalue weighted by molar-refractivity contribution is 0.0880. The highest BCUT2D eigenvalue weighted by atomic mass is 16.5. The Hall–Kier alpha value is -1.13. The Morgan fingerprint density at radius 3 is 2.55 bits per heavy atom. The molecule has 0 saturated carbocycles. The van der Waals surface area contributed by atoms with Crippen molar-refractivity contribution >= 4 is 0 Å². The molecule has 0 radical (unpaired) electrons. The first kappa shape index (κ1) is 16.9. The fraction of sp³-hybridized carbons (Fsp3) is 0.688. The molecule has 1 unspecified atom stereocenters. The number of pyridine rings is 1. The molecular weight excluding hydrogens is 252 g/mol. The molecule has 1 rings (SSSR count). The van der Waals surface area contributed by atoms with Gasteiger partial charge in [0.15, 0.2) is 0 Å². The van der Waals surface area contributed by atoms with Gasteiger partial charge in [0.25, 0.3) is 0 Å². The predicted molar refractivity (Wildman–Crippen MR) is 82.2 cm³/mol. The van der Waals surface area contributed by atoms with Crippen molar-refractivity contribution in [2.45, 2.75) is 47.3 Å². The zero-order chi connectivity index (χ0) is 15.1. The summed E-state index contributed by atoms with van der Waals surface area (Å²) in [5, 5.41) is 3.46. The number of hydrogen-bond donors (Lipinski definition) is 1. The molecule has 0 aliphatic rings. The summed E-state index contributed by atoms with van der Waals surface area (Å²) in [5.74, 6) is 1.36. The minimum absolute atomic E-state index is 0.00227. The fourth-order valence-electron chi connectivity index (χ4n) is 2.09. The van der Waals surface area contributed by atoms with E-state index < -0.39 is 0 Å². The molecule has 0 fully saturated rings. The number of ether oxygens (including phenoxy) is 2. The van der Waals surface area contributed by atoms with Crippen LogP contribution < -0.4 is 10.1 Å². The highest BCUT2D eigenvalue weighted by molar-refractivity contribution is 5.36. The van der Waals surface area contributed by atoms with Crippen molar-refractivity contribution in [2.24, 2.45) is 5.92 Å². The molecule has 4 heteroatoms. The number of hydrogen-bond acceptors (Lipinski definition) is 4. The summed E-state index contributed by atoms with van der Waals surface area (Å²) in [4.78, 5) is 4.54. The third-order valence-electron chi connectivity index (χ3n) is 3.01. The van der Waals surface area contributed by atoms with Crippen LogP contribution in [0.3, 0.4) is 0 Å². The predicted octanol–water partition coefficient (Wildman–Crippen LogP) is 2.86. The van der Waals surface area contributed by atoms with Gasteiger partial charge in [0.2, 0.25) is 5.88 Å². The van der Waals surface area contributed by atoms with Gasteiger partial charge < -0.3 is 14.8 Å². The van der Waals surface area contributed by atoms with E-state index in [0.29, 0.717) is 12.5 Å². The molecule has 0 amide bonds. The molecule has 0 aromatic carbocycles. The first-order valence-corrected chi connectivity index (χ1v) is 7.27. The van der Waals surface area contributed by atoms with Gasteiger partial charge in [-0.3, -0.25) is 0 Å². The van der Waals surface area contributed by atoms with Gasteiger partial charge in [-0.2, -0.15) is 0 Å². The highest BCUT2D eigenvalue weighted by Crippen LogP contribution is 2.22. The first-order valence-electron chi connectivity index (χ1n) is 7.27. The van der Waals surface area contributed by atoms with E-state index in [9.17, 15) is 0 Å². The minimum Gasteiger partial charge on any atom is -0.472 e. The summed E-state index contributed by atoms with van der Waals surface area (Å²) in [7, 11) is 1.68. The van der Waals surface area contributed by atoms with E-state index in [1.54, 1.807) is 7.11 Å². The van der Waals surface area contributed by atoms with Crippen molar-refractivity contribution in [3.63, 3.8) is 0 Å². The van der Waals surface area contributed by atoms with Crippen molar-refractivity contribution < 1.29 is 9.47 Å². The molecule has 1 N–H and O–H groups in total. The number of methoxy groups -OCH3 is 1. The normalized spacial score (nSPS) is 12.8. The maximum atomic E-state index is 5.93. The van der Waals surface area contributed by atoms with Crippen LogP contribution in [0.1, 0.15) is 37.6 Å². The van der Waals surface area contributed by atoms with Crippen molar-refractivity contribution in [3.8, 4) is 5.88 Å². The molecule has 1 aromatic heterocycles. The smallest absolute Gasteiger partial charge is 0.218 e. The van der Waals surface area contributed by atoms with E-state index in [4.69, 9.17) is 9.47 Å². The quantitative estimate of drug-likeness (QED) is 0.795. The molecule has 0 bridgehead atoms. The Kier molecular flexibility index (Phi) is 6.96. The second-order valence-electron chi connectivity index (χ2n) is 5.77. The summed E-state index contributed by atoms with van der Waals surface area (Å²) < 4.78 is 11.0. The van der Waals surface area contributed by atoms with Gasteiger partial charge in [0, 0.05) is 24.9 Å². The van der Waals surface area contributed by atoms with Crippen LogP contribution >= 0.6 is 0 Å². The van der Waals surface area contributed by atoms with Crippen molar-refractivity contribution in [2.75, 3.05) is 20.3 Å². The number of nitrogens with one attached hydrogen (secondary N) is 1. The average molecular weight is 280 g/mol. The van der Waals surface area contributed by atoms with Gasteiger partial charge >= 0.3 is 0 Å². The van der Waals surface area contributed by atoms with Crippen LogP contribution in [0.5, 0.6) is 5.88 Å². The molecule has 0 spiro atoms. The van der Waals surface area contributed by atoms with Crippen LogP contribution in [-0.4, -0.2) is 31.3 Å². The van der Waals surface area contributed by atoms with Gasteiger partial charge in [0.1, 0.15) is 6.10 Å². The SMILES string of the molecule is COCC(C)Oc1nc(C)cc(C)c1CNCC(C)C. The van der Waals surface area contributed by atoms with E-state index in [1.165, 1.54) is 5.56 Å². The second-order valence-corrected chi connectivity index (χ2v) is 5.77. The molecule has 1 aromatic rings. The standard InChI is InChI=1S/C16H28N2O2/c1-11(2)8-17-9-15-12(3)7-13(4)18-16(15)20-14(5)10-19-6/h7,11,14,17H,8-10H2,1-6H3. The lowest BCUT2D eigenvalue weighted by Gasteiger charge is -2.18. The maximum Gasteiger partial charge on any atom is 0.218 e. The van der Waals surface area contributed by atoms with E-state index in [0.717, 1.165) is 30.2 Å². The molecule has 4 nitrogen and oxygen atoms in total. The summed E-state index contributed by atoms with van der Waals surface area (Å²) in [5.41, 5.74) is 3.34. The van der Waals surface area contributed by atoms with Crippen LogP contribution in [0, 0.1) is 19.8 Å². The van der Waals surface area contributed by atoms with Gasteiger partial charge in [-0.25, -0.2) is 4.98 Å². The fourth-order valence-corrected chi connectivity index (χ4v) is 2.09. The summed E-state index contributed by atoms with van der Waals surface area (Å²) in [6, 6.07) is 2.10. The van der Waals surface area contributed by atoms with Crippen LogP contribution in [0.2, 0.25) is 0 Å². The Labute approximate surface area is 122 Å². The van der Waals surface area contributed by atoms with E-state index in [2.05, 4.69) is 37.1 Å². The molecule has 0 aliphatic heterocycles. The Morgan fingerprint density at radius 1 is 1.25 bits per heavy atom. The van der Waals surface area contributed by atoms with Gasteiger partial charge in [-0.1, -0.05) is 13.8 Å². The minimum atomic E-state index is -0.00227. The zero-order valence-corrected chi connectivity index (χ0v) is 13.6.